The molecular formula is C10H15FN2O. The van der Waals surface area contributed by atoms with Crippen molar-refractivity contribution in [1.82, 2.24) is 0 Å². The molecular weight excluding hydrogens is 183 g/mol. The first-order valence-corrected chi connectivity index (χ1v) is 4.49. The summed E-state index contributed by atoms with van der Waals surface area (Å²) in [5.41, 5.74) is 5.90. The smallest absolute Gasteiger partial charge is 0.146 e. The summed E-state index contributed by atoms with van der Waals surface area (Å²) >= 11 is 0. The van der Waals surface area contributed by atoms with E-state index >= 15 is 0 Å². The van der Waals surface area contributed by atoms with Crippen LogP contribution in [-0.4, -0.2) is 31.3 Å². The minimum absolute atomic E-state index is 0.0820. The van der Waals surface area contributed by atoms with Crippen LogP contribution in [0.15, 0.2) is 24.3 Å². The maximum Gasteiger partial charge on any atom is 0.146 e. The summed E-state index contributed by atoms with van der Waals surface area (Å²) in [7, 11) is 1.71. The van der Waals surface area contributed by atoms with Crippen LogP contribution in [0.5, 0.6) is 0 Å². The molecule has 1 rings (SSSR count). The SMILES string of the molecule is CN(c1ccccc1F)C(CN)CO. The van der Waals surface area contributed by atoms with Gasteiger partial charge < -0.3 is 15.7 Å². The number of anilines is 1. The van der Waals surface area contributed by atoms with E-state index in [9.17, 15) is 4.39 Å². The number of rotatable bonds is 4. The molecule has 0 aliphatic heterocycles. The lowest BCUT2D eigenvalue weighted by atomic mass is 10.2. The first kappa shape index (κ1) is 10.9. The topological polar surface area (TPSA) is 49.5 Å². The van der Waals surface area contributed by atoms with Crippen molar-refractivity contribution < 1.29 is 9.50 Å². The number of halogens is 1. The molecule has 1 aromatic rings. The standard InChI is InChI=1S/C10H15FN2O/c1-13(8(6-12)7-14)10-5-3-2-4-9(10)11/h2-5,8,14H,6-7,12H2,1H3. The molecule has 0 aliphatic rings. The van der Waals surface area contributed by atoms with Gasteiger partial charge in [0.25, 0.3) is 0 Å². The van der Waals surface area contributed by atoms with E-state index in [4.69, 9.17) is 10.8 Å². The lowest BCUT2D eigenvalue weighted by molar-refractivity contribution is 0.264. The molecule has 1 unspecified atom stereocenters. The minimum Gasteiger partial charge on any atom is -0.394 e. The summed E-state index contributed by atoms with van der Waals surface area (Å²) in [5.74, 6) is -0.304. The fourth-order valence-corrected chi connectivity index (χ4v) is 1.29. The van der Waals surface area contributed by atoms with Crippen molar-refractivity contribution in [1.29, 1.82) is 0 Å². The highest BCUT2D eigenvalue weighted by Crippen LogP contribution is 2.18. The second kappa shape index (κ2) is 4.93. The largest absolute Gasteiger partial charge is 0.394 e. The van der Waals surface area contributed by atoms with E-state index in [0.717, 1.165) is 0 Å². The van der Waals surface area contributed by atoms with Crippen molar-refractivity contribution in [2.24, 2.45) is 5.73 Å². The van der Waals surface area contributed by atoms with Crippen LogP contribution in [0.1, 0.15) is 0 Å². The summed E-state index contributed by atoms with van der Waals surface area (Å²) < 4.78 is 13.3. The van der Waals surface area contributed by atoms with Crippen LogP contribution < -0.4 is 10.6 Å². The first-order valence-electron chi connectivity index (χ1n) is 4.49. The monoisotopic (exact) mass is 198 g/mol. The van der Waals surface area contributed by atoms with Gasteiger partial charge in [-0.3, -0.25) is 0 Å². The molecule has 0 bridgehead atoms. The Labute approximate surface area is 83.0 Å². The van der Waals surface area contributed by atoms with Crippen LogP contribution in [0, 0.1) is 5.82 Å². The molecule has 3 nitrogen and oxygen atoms in total. The highest BCUT2D eigenvalue weighted by Gasteiger charge is 2.14. The number of hydrogen-bond donors (Lipinski definition) is 2. The zero-order chi connectivity index (χ0) is 10.6. The Bertz CT molecular complexity index is 289. The molecule has 0 fully saturated rings. The van der Waals surface area contributed by atoms with Crippen molar-refractivity contribution in [2.45, 2.75) is 6.04 Å². The molecule has 1 atom stereocenters. The third kappa shape index (κ3) is 2.21. The molecule has 4 heteroatoms. The highest BCUT2D eigenvalue weighted by atomic mass is 19.1. The second-order valence-electron chi connectivity index (χ2n) is 3.13. The van der Waals surface area contributed by atoms with Crippen molar-refractivity contribution in [3.8, 4) is 0 Å². The van der Waals surface area contributed by atoms with Crippen LogP contribution in [0.2, 0.25) is 0 Å². The second-order valence-corrected chi connectivity index (χ2v) is 3.13. The van der Waals surface area contributed by atoms with Gasteiger partial charge >= 0.3 is 0 Å². The fraction of sp³-hybridized carbons (Fsp3) is 0.400. The lowest BCUT2D eigenvalue weighted by Gasteiger charge is -2.27. The summed E-state index contributed by atoms with van der Waals surface area (Å²) in [6, 6.07) is 6.18. The normalized spacial score (nSPS) is 12.6. The number of nitrogens with two attached hydrogens (primary N) is 1. The van der Waals surface area contributed by atoms with E-state index in [1.54, 1.807) is 30.1 Å². The lowest BCUT2D eigenvalue weighted by Crippen LogP contribution is -2.41. The highest BCUT2D eigenvalue weighted by molar-refractivity contribution is 5.47. The van der Waals surface area contributed by atoms with E-state index in [1.807, 2.05) is 0 Å². The molecule has 3 N–H and O–H groups in total. The summed E-state index contributed by atoms with van der Waals surface area (Å²) in [5, 5.41) is 9.00. The average molecular weight is 198 g/mol. The fourth-order valence-electron chi connectivity index (χ4n) is 1.29. The number of hydrogen-bond acceptors (Lipinski definition) is 3. The maximum atomic E-state index is 13.3. The van der Waals surface area contributed by atoms with Gasteiger partial charge in [0, 0.05) is 13.6 Å². The van der Waals surface area contributed by atoms with Crippen LogP contribution in [0.3, 0.4) is 0 Å². The summed E-state index contributed by atoms with van der Waals surface area (Å²) in [6.45, 7) is 0.211. The number of benzene rings is 1. The third-order valence-corrected chi connectivity index (χ3v) is 2.26. The molecule has 0 spiro atoms. The van der Waals surface area contributed by atoms with Gasteiger partial charge in [-0.05, 0) is 12.1 Å². The number of aliphatic hydroxyl groups is 1. The molecule has 0 saturated carbocycles. The number of likely N-dealkylation sites (N-methyl/N-ethyl adjacent to an activating group) is 1. The minimum atomic E-state index is -0.304. The predicted octanol–water partition coefficient (Wildman–Crippen LogP) is 0.581. The van der Waals surface area contributed by atoms with Gasteiger partial charge in [0.05, 0.1) is 18.3 Å². The molecule has 0 aliphatic carbocycles. The van der Waals surface area contributed by atoms with Gasteiger partial charge in [0.2, 0.25) is 0 Å². The van der Waals surface area contributed by atoms with Crippen LogP contribution in [0.4, 0.5) is 10.1 Å². The van der Waals surface area contributed by atoms with Crippen LogP contribution >= 0.6 is 0 Å². The Kier molecular flexibility index (Phi) is 3.85. The molecule has 1 aromatic carbocycles. The molecule has 0 saturated heterocycles. The maximum absolute atomic E-state index is 13.3. The van der Waals surface area contributed by atoms with Gasteiger partial charge in [-0.2, -0.15) is 0 Å². The number of aliphatic hydroxyl groups excluding tert-OH is 1. The van der Waals surface area contributed by atoms with E-state index in [2.05, 4.69) is 0 Å². The Morgan fingerprint density at radius 3 is 2.64 bits per heavy atom. The molecule has 78 valence electrons. The predicted molar refractivity (Wildman–Crippen MR) is 54.7 cm³/mol. The molecule has 0 radical (unpaired) electrons. The summed E-state index contributed by atoms with van der Waals surface area (Å²) in [4.78, 5) is 1.65. The summed E-state index contributed by atoms with van der Waals surface area (Å²) in [6.07, 6.45) is 0. The zero-order valence-electron chi connectivity index (χ0n) is 8.15. The Hall–Kier alpha value is -1.13. The number of para-hydroxylation sites is 1. The van der Waals surface area contributed by atoms with Crippen molar-refractivity contribution in [2.75, 3.05) is 25.1 Å². The average Bonchev–Trinajstić information content (AvgIpc) is 2.20. The van der Waals surface area contributed by atoms with E-state index in [1.165, 1.54) is 6.07 Å². The van der Waals surface area contributed by atoms with Crippen LogP contribution in [-0.2, 0) is 0 Å². The van der Waals surface area contributed by atoms with Gasteiger partial charge in [0.15, 0.2) is 0 Å². The molecule has 0 heterocycles. The quantitative estimate of drug-likeness (QED) is 0.744. The number of nitrogens with zero attached hydrogens (tertiary/aromatic N) is 1. The van der Waals surface area contributed by atoms with E-state index in [0.29, 0.717) is 12.2 Å². The zero-order valence-corrected chi connectivity index (χ0v) is 8.15. The molecule has 0 amide bonds. The van der Waals surface area contributed by atoms with Gasteiger partial charge in [0.1, 0.15) is 5.82 Å². The molecule has 0 aromatic heterocycles. The Morgan fingerprint density at radius 1 is 1.50 bits per heavy atom. The van der Waals surface area contributed by atoms with Crippen molar-refractivity contribution in [3.05, 3.63) is 30.1 Å². The van der Waals surface area contributed by atoms with Gasteiger partial charge in [-0.15, -0.1) is 0 Å². The van der Waals surface area contributed by atoms with Crippen molar-refractivity contribution in [3.63, 3.8) is 0 Å². The third-order valence-electron chi connectivity index (χ3n) is 2.26. The van der Waals surface area contributed by atoms with Crippen LogP contribution in [0.25, 0.3) is 0 Å². The van der Waals surface area contributed by atoms with Gasteiger partial charge in [-0.25, -0.2) is 4.39 Å². The first-order chi connectivity index (χ1) is 6.70. The van der Waals surface area contributed by atoms with Gasteiger partial charge in [-0.1, -0.05) is 12.1 Å². The van der Waals surface area contributed by atoms with E-state index in [-0.39, 0.29) is 18.5 Å². The Balaban J connectivity index is 2.88. The van der Waals surface area contributed by atoms with E-state index < -0.39 is 0 Å². The molecule has 14 heavy (non-hydrogen) atoms. The van der Waals surface area contributed by atoms with Crippen molar-refractivity contribution >= 4 is 5.69 Å². The Morgan fingerprint density at radius 2 is 2.14 bits per heavy atom.